The van der Waals surface area contributed by atoms with Crippen molar-refractivity contribution in [3.05, 3.63) is 40.3 Å². The van der Waals surface area contributed by atoms with E-state index in [9.17, 15) is 0 Å². The second kappa shape index (κ2) is 24.5. The maximum Gasteiger partial charge on any atom is 0.0518 e. The molecular weight excluding hydrogens is 408 g/mol. The van der Waals surface area contributed by atoms with Crippen LogP contribution in [0.4, 0.5) is 0 Å². The quantitative estimate of drug-likeness (QED) is 0.391. The monoisotopic (exact) mass is 462 g/mol. The summed E-state index contributed by atoms with van der Waals surface area (Å²) in [6.45, 7) is 10.6. The lowest BCUT2D eigenvalue weighted by atomic mass is 10.2. The van der Waals surface area contributed by atoms with Crippen LogP contribution in [0.5, 0.6) is 0 Å². The van der Waals surface area contributed by atoms with Crippen LogP contribution in [0.2, 0.25) is 0 Å². The summed E-state index contributed by atoms with van der Waals surface area (Å²) in [5, 5.41) is 8.14. The normalized spacial score (nSPS) is 17.8. The summed E-state index contributed by atoms with van der Waals surface area (Å²) in [4.78, 5) is 0. The molecule has 3 nitrogen and oxygen atoms in total. The average Bonchev–Trinajstić information content (AvgIpc) is 3.34. The van der Waals surface area contributed by atoms with Gasteiger partial charge < -0.3 is 4.74 Å². The van der Waals surface area contributed by atoms with Gasteiger partial charge in [0.1, 0.15) is 0 Å². The molecule has 2 aliphatic heterocycles. The van der Waals surface area contributed by atoms with Gasteiger partial charge in [0.15, 0.2) is 0 Å². The van der Waals surface area contributed by atoms with E-state index in [-0.39, 0.29) is 37.1 Å². The summed E-state index contributed by atoms with van der Waals surface area (Å²) in [6.07, 6.45) is 6.52. The van der Waals surface area contributed by atoms with Crippen LogP contribution in [0, 0.1) is 25.7 Å². The molecular formula is C25H54N2OS2. The first-order chi connectivity index (χ1) is 12.0. The number of nitrogens with zero attached hydrogens (tertiary/aromatic N) is 2. The SMILES string of the molecule is C.C.C.C.C.CC1CCOC1.CC1CCSC1.Cc1ccsc1.Cc1cnn(C)c1. The van der Waals surface area contributed by atoms with Crippen LogP contribution in [0.1, 0.15) is 74.9 Å². The van der Waals surface area contributed by atoms with E-state index >= 15 is 0 Å². The largest absolute Gasteiger partial charge is 0.381 e. The van der Waals surface area contributed by atoms with E-state index in [4.69, 9.17) is 4.74 Å². The van der Waals surface area contributed by atoms with E-state index in [1.54, 1.807) is 16.0 Å². The summed E-state index contributed by atoms with van der Waals surface area (Å²) in [7, 11) is 1.91. The minimum absolute atomic E-state index is 0. The Kier molecular flexibility index (Phi) is 32.4. The number of thioether (sulfide) groups is 1. The van der Waals surface area contributed by atoms with E-state index in [0.717, 1.165) is 25.0 Å². The fraction of sp³-hybridized carbons (Fsp3) is 0.720. The van der Waals surface area contributed by atoms with Gasteiger partial charge in [0.25, 0.3) is 0 Å². The molecule has 2 aliphatic rings. The molecule has 2 unspecified atom stereocenters. The first kappa shape index (κ1) is 39.7. The van der Waals surface area contributed by atoms with E-state index in [1.165, 1.54) is 35.5 Å². The van der Waals surface area contributed by atoms with Crippen LogP contribution in [-0.2, 0) is 11.8 Å². The summed E-state index contributed by atoms with van der Waals surface area (Å²) < 4.78 is 6.84. The highest BCUT2D eigenvalue weighted by atomic mass is 32.2. The maximum atomic E-state index is 5.06. The molecule has 182 valence electrons. The molecule has 4 heterocycles. The van der Waals surface area contributed by atoms with Gasteiger partial charge in [-0.3, -0.25) is 4.68 Å². The van der Waals surface area contributed by atoms with Crippen molar-refractivity contribution >= 4 is 23.1 Å². The Balaban J connectivity index is -0.0000000879. The zero-order valence-electron chi connectivity index (χ0n) is 16.4. The number of aromatic nitrogens is 2. The predicted molar refractivity (Wildman–Crippen MR) is 146 cm³/mol. The third-order valence-corrected chi connectivity index (χ3v) is 5.94. The molecule has 0 bridgehead atoms. The van der Waals surface area contributed by atoms with Crippen molar-refractivity contribution in [3.8, 4) is 0 Å². The average molecular weight is 463 g/mol. The Labute approximate surface area is 199 Å². The highest BCUT2D eigenvalue weighted by Crippen LogP contribution is 2.21. The van der Waals surface area contributed by atoms with Gasteiger partial charge in [-0.05, 0) is 78.0 Å². The molecule has 2 aromatic rings. The van der Waals surface area contributed by atoms with Crippen molar-refractivity contribution in [2.45, 2.75) is 77.7 Å². The van der Waals surface area contributed by atoms with Crippen LogP contribution in [0.3, 0.4) is 0 Å². The second-order valence-corrected chi connectivity index (χ2v) is 8.86. The fourth-order valence-corrected chi connectivity index (χ4v) is 4.15. The van der Waals surface area contributed by atoms with Crippen molar-refractivity contribution in [2.75, 3.05) is 24.7 Å². The lowest BCUT2D eigenvalue weighted by Crippen LogP contribution is -1.88. The van der Waals surface area contributed by atoms with Gasteiger partial charge in [0.2, 0.25) is 0 Å². The zero-order chi connectivity index (χ0) is 18.5. The predicted octanol–water partition coefficient (Wildman–Crippen LogP) is 8.77. The molecule has 30 heavy (non-hydrogen) atoms. The number of aryl methyl sites for hydroxylation is 3. The lowest BCUT2D eigenvalue weighted by molar-refractivity contribution is 0.188. The van der Waals surface area contributed by atoms with Crippen molar-refractivity contribution in [2.24, 2.45) is 18.9 Å². The maximum absolute atomic E-state index is 5.06. The molecule has 2 saturated heterocycles. The van der Waals surface area contributed by atoms with Crippen molar-refractivity contribution in [1.82, 2.24) is 9.78 Å². The Bertz CT molecular complexity index is 499. The van der Waals surface area contributed by atoms with Crippen LogP contribution >= 0.6 is 23.1 Å². The van der Waals surface area contributed by atoms with Gasteiger partial charge in [0, 0.05) is 26.5 Å². The van der Waals surface area contributed by atoms with Crippen LogP contribution in [0.15, 0.2) is 29.2 Å². The number of hydrogen-bond acceptors (Lipinski definition) is 4. The molecule has 0 amide bonds. The van der Waals surface area contributed by atoms with Crippen molar-refractivity contribution in [3.63, 3.8) is 0 Å². The standard InChI is InChI=1S/C5H8N2.C5H10O.C5H10S.C5H6S.5CH4/c1-5-3-6-7(2)4-5;3*1-5-2-3-6-4-5;;;;;/h3-4H,1-2H3;2*5H,2-4H2,1H3;2-4H,1H3;5*1H4. The number of ether oxygens (including phenoxy) is 1. The first-order valence-corrected chi connectivity index (χ1v) is 11.2. The van der Waals surface area contributed by atoms with Gasteiger partial charge in [-0.2, -0.15) is 28.2 Å². The number of thiophene rings is 1. The topological polar surface area (TPSA) is 27.1 Å². The summed E-state index contributed by atoms with van der Waals surface area (Å²) in [5.41, 5.74) is 2.57. The van der Waals surface area contributed by atoms with E-state index in [2.05, 4.69) is 54.5 Å². The Morgan fingerprint density at radius 2 is 1.67 bits per heavy atom. The van der Waals surface area contributed by atoms with Crippen LogP contribution in [0.25, 0.3) is 0 Å². The fourth-order valence-electron chi connectivity index (χ4n) is 2.18. The summed E-state index contributed by atoms with van der Waals surface area (Å²) >= 11 is 3.82. The molecule has 2 aromatic heterocycles. The number of hydrogen-bond donors (Lipinski definition) is 0. The smallest absolute Gasteiger partial charge is 0.0518 e. The van der Waals surface area contributed by atoms with E-state index in [0.29, 0.717) is 0 Å². The first-order valence-electron chi connectivity index (χ1n) is 9.07. The van der Waals surface area contributed by atoms with Crippen LogP contribution in [-0.4, -0.2) is 34.5 Å². The highest BCUT2D eigenvalue weighted by molar-refractivity contribution is 7.99. The zero-order valence-corrected chi connectivity index (χ0v) is 18.0. The molecule has 5 heteroatoms. The number of rotatable bonds is 0. The van der Waals surface area contributed by atoms with Gasteiger partial charge >= 0.3 is 0 Å². The minimum atomic E-state index is 0. The van der Waals surface area contributed by atoms with E-state index in [1.807, 2.05) is 26.4 Å². The van der Waals surface area contributed by atoms with Crippen molar-refractivity contribution in [1.29, 1.82) is 0 Å². The molecule has 0 aliphatic carbocycles. The Hall–Kier alpha value is -0.780. The lowest BCUT2D eigenvalue weighted by Gasteiger charge is -1.90. The molecule has 2 fully saturated rings. The molecule has 0 N–H and O–H groups in total. The minimum Gasteiger partial charge on any atom is -0.381 e. The summed E-state index contributed by atoms with van der Waals surface area (Å²) in [6, 6.07) is 2.10. The molecule has 0 radical (unpaired) electrons. The van der Waals surface area contributed by atoms with Crippen LogP contribution < -0.4 is 0 Å². The molecule has 0 saturated carbocycles. The van der Waals surface area contributed by atoms with Gasteiger partial charge in [-0.15, -0.1) is 0 Å². The van der Waals surface area contributed by atoms with Gasteiger partial charge in [-0.1, -0.05) is 51.0 Å². The molecule has 2 atom stereocenters. The van der Waals surface area contributed by atoms with E-state index < -0.39 is 0 Å². The molecule has 0 spiro atoms. The third kappa shape index (κ3) is 21.9. The second-order valence-electron chi connectivity index (χ2n) is 6.93. The Morgan fingerprint density at radius 3 is 1.80 bits per heavy atom. The van der Waals surface area contributed by atoms with Gasteiger partial charge in [0.05, 0.1) is 6.20 Å². The highest BCUT2D eigenvalue weighted by Gasteiger charge is 2.08. The molecule has 4 rings (SSSR count). The summed E-state index contributed by atoms with van der Waals surface area (Å²) in [5.74, 6) is 4.64. The molecule has 0 aromatic carbocycles. The third-order valence-electron chi connectivity index (χ3n) is 3.81. The van der Waals surface area contributed by atoms with Gasteiger partial charge in [-0.25, -0.2) is 0 Å². The Morgan fingerprint density at radius 1 is 1.00 bits per heavy atom. The van der Waals surface area contributed by atoms with Crippen molar-refractivity contribution < 1.29 is 4.74 Å².